The number of fused-ring (bicyclic) bond motifs is 1. The van der Waals surface area contributed by atoms with Gasteiger partial charge in [-0.3, -0.25) is 4.79 Å². The summed E-state index contributed by atoms with van der Waals surface area (Å²) in [6, 6.07) is 14.2. The summed E-state index contributed by atoms with van der Waals surface area (Å²) >= 11 is 0. The number of rotatable bonds is 4. The minimum Gasteiger partial charge on any atom is -0.451 e. The normalized spacial score (nSPS) is 12.0. The molecular weight excluding hydrogens is 318 g/mol. The number of carbonyl (C=O) groups excluding carboxylic acids is 1. The largest absolute Gasteiger partial charge is 0.451 e. The number of nitrogens with zero attached hydrogens (tertiary/aromatic N) is 2. The first-order chi connectivity index (χ1) is 12.0. The van der Waals surface area contributed by atoms with E-state index in [0.29, 0.717) is 22.3 Å². The maximum Gasteiger partial charge on any atom is 0.338 e. The summed E-state index contributed by atoms with van der Waals surface area (Å²) in [4.78, 5) is 33.5. The van der Waals surface area contributed by atoms with Crippen LogP contribution in [0.15, 0.2) is 53.3 Å². The highest BCUT2D eigenvalue weighted by Crippen LogP contribution is 2.19. The standard InChI is InChI=1S/C19H19N3O3/c1-12(17-20-16-10-5-4-9-15(16)18(23)21-17)25-19(24)13-7-6-8-14(11-13)22(2)3/h4-12H,1-3H3,(H,20,21,23)/t12-/m1/s1. The zero-order chi connectivity index (χ0) is 18.0. The Morgan fingerprint density at radius 1 is 1.16 bits per heavy atom. The molecule has 3 aromatic rings. The Balaban J connectivity index is 1.84. The van der Waals surface area contributed by atoms with E-state index in [1.807, 2.05) is 31.1 Å². The number of ether oxygens (including phenoxy) is 1. The van der Waals surface area contributed by atoms with Crippen molar-refractivity contribution in [1.29, 1.82) is 0 Å². The molecular formula is C19H19N3O3. The molecule has 0 unspecified atom stereocenters. The molecule has 2 aromatic carbocycles. The molecule has 0 aliphatic rings. The molecule has 0 bridgehead atoms. The van der Waals surface area contributed by atoms with Crippen molar-refractivity contribution in [2.45, 2.75) is 13.0 Å². The quantitative estimate of drug-likeness (QED) is 0.741. The molecule has 1 atom stereocenters. The Morgan fingerprint density at radius 2 is 1.92 bits per heavy atom. The summed E-state index contributed by atoms with van der Waals surface area (Å²) in [5.41, 5.74) is 1.66. The first kappa shape index (κ1) is 16.7. The number of esters is 1. The third-order valence-corrected chi connectivity index (χ3v) is 3.90. The summed E-state index contributed by atoms with van der Waals surface area (Å²) in [6.45, 7) is 1.68. The van der Waals surface area contributed by atoms with E-state index in [0.717, 1.165) is 5.69 Å². The van der Waals surface area contributed by atoms with Crippen LogP contribution < -0.4 is 10.5 Å². The molecule has 6 heteroatoms. The Hall–Kier alpha value is -3.15. The van der Waals surface area contributed by atoms with Gasteiger partial charge >= 0.3 is 5.97 Å². The number of benzene rings is 2. The van der Waals surface area contributed by atoms with Crippen molar-refractivity contribution in [1.82, 2.24) is 9.97 Å². The fraction of sp³-hybridized carbons (Fsp3) is 0.211. The van der Waals surface area contributed by atoms with Crippen molar-refractivity contribution < 1.29 is 9.53 Å². The fourth-order valence-electron chi connectivity index (χ4n) is 2.49. The molecule has 0 amide bonds. The number of anilines is 1. The van der Waals surface area contributed by atoms with Crippen LogP contribution in [-0.2, 0) is 4.74 Å². The van der Waals surface area contributed by atoms with Crippen LogP contribution in [0.25, 0.3) is 10.9 Å². The molecule has 1 heterocycles. The molecule has 0 fully saturated rings. The lowest BCUT2D eigenvalue weighted by atomic mass is 10.2. The van der Waals surface area contributed by atoms with Crippen molar-refractivity contribution in [3.05, 3.63) is 70.3 Å². The van der Waals surface area contributed by atoms with Gasteiger partial charge in [-0.2, -0.15) is 0 Å². The van der Waals surface area contributed by atoms with Crippen molar-refractivity contribution >= 4 is 22.6 Å². The van der Waals surface area contributed by atoms with Gasteiger partial charge in [0.15, 0.2) is 11.9 Å². The summed E-state index contributed by atoms with van der Waals surface area (Å²) in [5.74, 6) is -0.146. The van der Waals surface area contributed by atoms with Crippen molar-refractivity contribution in [2.24, 2.45) is 0 Å². The number of hydrogen-bond acceptors (Lipinski definition) is 5. The number of aromatic nitrogens is 2. The third-order valence-electron chi connectivity index (χ3n) is 3.90. The van der Waals surface area contributed by atoms with Gasteiger partial charge in [0.1, 0.15) is 0 Å². The molecule has 25 heavy (non-hydrogen) atoms. The van der Waals surface area contributed by atoms with E-state index in [-0.39, 0.29) is 5.56 Å². The second kappa shape index (κ2) is 6.76. The second-order valence-electron chi connectivity index (χ2n) is 5.96. The molecule has 0 aliphatic heterocycles. The second-order valence-corrected chi connectivity index (χ2v) is 5.96. The minimum atomic E-state index is -0.673. The lowest BCUT2D eigenvalue weighted by molar-refractivity contribution is 0.0320. The van der Waals surface area contributed by atoms with Gasteiger partial charge in [0.2, 0.25) is 0 Å². The molecule has 0 saturated carbocycles. The molecule has 1 N–H and O–H groups in total. The summed E-state index contributed by atoms with van der Waals surface area (Å²) in [7, 11) is 3.80. The Morgan fingerprint density at radius 3 is 2.68 bits per heavy atom. The van der Waals surface area contributed by atoms with E-state index >= 15 is 0 Å². The highest BCUT2D eigenvalue weighted by Gasteiger charge is 2.17. The average Bonchev–Trinajstić information content (AvgIpc) is 2.61. The van der Waals surface area contributed by atoms with Gasteiger partial charge < -0.3 is 14.6 Å². The molecule has 3 rings (SSSR count). The SMILES string of the molecule is C[C@@H](OC(=O)c1cccc(N(C)C)c1)c1nc2ccccc2c(=O)[nH]1. The molecule has 6 nitrogen and oxygen atoms in total. The van der Waals surface area contributed by atoms with Gasteiger partial charge in [-0.1, -0.05) is 18.2 Å². The van der Waals surface area contributed by atoms with Gasteiger partial charge in [0.25, 0.3) is 5.56 Å². The third kappa shape index (κ3) is 3.52. The lowest BCUT2D eigenvalue weighted by Gasteiger charge is -2.15. The topological polar surface area (TPSA) is 75.3 Å². The number of nitrogens with one attached hydrogen (secondary N) is 1. The van der Waals surface area contributed by atoms with Crippen LogP contribution >= 0.6 is 0 Å². The van der Waals surface area contributed by atoms with Crippen LogP contribution in [0, 0.1) is 0 Å². The monoisotopic (exact) mass is 337 g/mol. The highest BCUT2D eigenvalue weighted by atomic mass is 16.5. The molecule has 0 saturated heterocycles. The fourth-order valence-corrected chi connectivity index (χ4v) is 2.49. The number of carbonyl (C=O) groups is 1. The zero-order valence-electron chi connectivity index (χ0n) is 14.3. The Kier molecular flexibility index (Phi) is 4.52. The Labute approximate surface area is 145 Å². The van der Waals surface area contributed by atoms with Gasteiger partial charge in [-0.05, 0) is 37.3 Å². The summed E-state index contributed by atoms with van der Waals surface area (Å²) in [6.07, 6.45) is -0.673. The van der Waals surface area contributed by atoms with E-state index in [4.69, 9.17) is 4.74 Å². The average molecular weight is 337 g/mol. The first-order valence-electron chi connectivity index (χ1n) is 7.93. The summed E-state index contributed by atoms with van der Waals surface area (Å²) < 4.78 is 5.47. The molecule has 0 radical (unpaired) electrons. The van der Waals surface area contributed by atoms with Crippen molar-refractivity contribution in [3.8, 4) is 0 Å². The highest BCUT2D eigenvalue weighted by molar-refractivity contribution is 5.90. The summed E-state index contributed by atoms with van der Waals surface area (Å²) in [5, 5.41) is 0.503. The number of hydrogen-bond donors (Lipinski definition) is 1. The molecule has 0 spiro atoms. The smallest absolute Gasteiger partial charge is 0.338 e. The van der Waals surface area contributed by atoms with E-state index in [1.165, 1.54) is 0 Å². The first-order valence-corrected chi connectivity index (χ1v) is 7.93. The van der Waals surface area contributed by atoms with Crippen LogP contribution in [0.3, 0.4) is 0 Å². The van der Waals surface area contributed by atoms with E-state index in [2.05, 4.69) is 9.97 Å². The minimum absolute atomic E-state index is 0.252. The van der Waals surface area contributed by atoms with Gasteiger partial charge in [-0.15, -0.1) is 0 Å². The van der Waals surface area contributed by atoms with Crippen molar-refractivity contribution in [2.75, 3.05) is 19.0 Å². The maximum atomic E-state index is 12.4. The molecule has 1 aromatic heterocycles. The van der Waals surface area contributed by atoms with Crippen LogP contribution in [-0.4, -0.2) is 30.0 Å². The predicted molar refractivity (Wildman–Crippen MR) is 97.0 cm³/mol. The molecule has 0 aliphatic carbocycles. The maximum absolute atomic E-state index is 12.4. The van der Waals surface area contributed by atoms with Gasteiger partial charge in [0.05, 0.1) is 16.5 Å². The van der Waals surface area contributed by atoms with Crippen molar-refractivity contribution in [3.63, 3.8) is 0 Å². The lowest BCUT2D eigenvalue weighted by Crippen LogP contribution is -2.17. The van der Waals surface area contributed by atoms with Gasteiger partial charge in [-0.25, -0.2) is 9.78 Å². The van der Waals surface area contributed by atoms with Crippen LogP contribution in [0.2, 0.25) is 0 Å². The zero-order valence-corrected chi connectivity index (χ0v) is 14.3. The van der Waals surface area contributed by atoms with E-state index in [9.17, 15) is 9.59 Å². The molecule has 128 valence electrons. The predicted octanol–water partition coefficient (Wildman–Crippen LogP) is 2.91. The van der Waals surface area contributed by atoms with Crippen LogP contribution in [0.4, 0.5) is 5.69 Å². The van der Waals surface area contributed by atoms with E-state index < -0.39 is 12.1 Å². The van der Waals surface area contributed by atoms with Crippen LogP contribution in [0.1, 0.15) is 29.2 Å². The van der Waals surface area contributed by atoms with Crippen LogP contribution in [0.5, 0.6) is 0 Å². The number of H-pyrrole nitrogens is 1. The number of aromatic amines is 1. The Bertz CT molecular complexity index is 979. The van der Waals surface area contributed by atoms with Gasteiger partial charge in [0, 0.05) is 19.8 Å². The number of para-hydroxylation sites is 1. The van der Waals surface area contributed by atoms with E-state index in [1.54, 1.807) is 43.3 Å².